The van der Waals surface area contributed by atoms with Crippen molar-refractivity contribution in [1.29, 1.82) is 0 Å². The molecule has 1 heterocycles. The number of amides is 1. The van der Waals surface area contributed by atoms with Crippen molar-refractivity contribution < 1.29 is 9.53 Å². The van der Waals surface area contributed by atoms with Crippen molar-refractivity contribution in [3.63, 3.8) is 0 Å². The van der Waals surface area contributed by atoms with Gasteiger partial charge in [-0.05, 0) is 74.2 Å². The molecule has 1 saturated heterocycles. The van der Waals surface area contributed by atoms with Crippen molar-refractivity contribution in [1.82, 2.24) is 4.90 Å². The molecular weight excluding hydrogens is 380 g/mol. The number of nitrogens with one attached hydrogen (secondary N) is 1. The lowest BCUT2D eigenvalue weighted by molar-refractivity contribution is 0.0114. The Morgan fingerprint density at radius 1 is 1.43 bits per heavy atom. The van der Waals surface area contributed by atoms with Gasteiger partial charge in [0.05, 0.1) is 11.1 Å². The van der Waals surface area contributed by atoms with E-state index in [1.54, 1.807) is 0 Å². The Morgan fingerprint density at radius 3 is 2.83 bits per heavy atom. The summed E-state index contributed by atoms with van der Waals surface area (Å²) in [4.78, 5) is 14.2. The number of carbonyl (C=O) groups excluding carboxylic acids is 1. The van der Waals surface area contributed by atoms with Gasteiger partial charge in [-0.2, -0.15) is 0 Å². The van der Waals surface area contributed by atoms with Crippen LogP contribution in [0.5, 0.6) is 0 Å². The standard InChI is InChI=1S/C17H24BrClN2O2/c1-17(2,3)23-16(22)21-9-5-4-6-13(21)11-20-12-7-8-15(19)14(18)10-12/h7-8,10,13,20H,4-6,9,11H2,1-3H3. The highest BCUT2D eigenvalue weighted by Gasteiger charge is 2.30. The first-order chi connectivity index (χ1) is 10.8. The third kappa shape index (κ3) is 5.57. The maximum Gasteiger partial charge on any atom is 0.410 e. The smallest absolute Gasteiger partial charge is 0.410 e. The zero-order valence-electron chi connectivity index (χ0n) is 13.9. The van der Waals surface area contributed by atoms with Crippen LogP contribution < -0.4 is 5.32 Å². The number of hydrogen-bond donors (Lipinski definition) is 1. The van der Waals surface area contributed by atoms with Gasteiger partial charge in [-0.1, -0.05) is 11.6 Å². The van der Waals surface area contributed by atoms with Gasteiger partial charge < -0.3 is 15.0 Å². The van der Waals surface area contributed by atoms with Crippen molar-refractivity contribution >= 4 is 39.3 Å². The summed E-state index contributed by atoms with van der Waals surface area (Å²) in [7, 11) is 0. The van der Waals surface area contributed by atoms with E-state index in [1.165, 1.54) is 0 Å². The molecule has 1 aliphatic rings. The zero-order chi connectivity index (χ0) is 17.0. The number of likely N-dealkylation sites (tertiary alicyclic amines) is 1. The first kappa shape index (κ1) is 18.4. The van der Waals surface area contributed by atoms with Gasteiger partial charge in [0, 0.05) is 23.2 Å². The van der Waals surface area contributed by atoms with E-state index in [9.17, 15) is 4.79 Å². The molecule has 0 aromatic heterocycles. The average Bonchev–Trinajstić information content (AvgIpc) is 2.47. The average molecular weight is 404 g/mol. The lowest BCUT2D eigenvalue weighted by atomic mass is 10.0. The summed E-state index contributed by atoms with van der Waals surface area (Å²) in [6.07, 6.45) is 2.93. The number of nitrogens with zero attached hydrogens (tertiary/aromatic N) is 1. The fraction of sp³-hybridized carbons (Fsp3) is 0.588. The van der Waals surface area contributed by atoms with Gasteiger partial charge in [-0.25, -0.2) is 4.79 Å². The molecule has 0 aliphatic carbocycles. The number of benzene rings is 1. The first-order valence-corrected chi connectivity index (χ1v) is 9.12. The minimum Gasteiger partial charge on any atom is -0.444 e. The molecule has 1 unspecified atom stereocenters. The summed E-state index contributed by atoms with van der Waals surface area (Å²) in [6.45, 7) is 7.15. The molecule has 0 bridgehead atoms. The summed E-state index contributed by atoms with van der Waals surface area (Å²) >= 11 is 9.44. The maximum absolute atomic E-state index is 12.4. The molecule has 0 saturated carbocycles. The molecule has 1 aromatic carbocycles. The van der Waals surface area contributed by atoms with Crippen molar-refractivity contribution in [3.8, 4) is 0 Å². The minimum atomic E-state index is -0.465. The van der Waals surface area contributed by atoms with Crippen LogP contribution in [0.15, 0.2) is 22.7 Å². The van der Waals surface area contributed by atoms with Gasteiger partial charge in [0.25, 0.3) is 0 Å². The van der Waals surface area contributed by atoms with Crippen LogP contribution in [0.4, 0.5) is 10.5 Å². The van der Waals surface area contributed by atoms with Crippen LogP contribution in [0, 0.1) is 0 Å². The normalized spacial score (nSPS) is 18.7. The van der Waals surface area contributed by atoms with E-state index in [4.69, 9.17) is 16.3 Å². The third-order valence-electron chi connectivity index (χ3n) is 3.72. The Kier molecular flexibility index (Phi) is 6.20. The number of hydrogen-bond acceptors (Lipinski definition) is 3. The summed E-state index contributed by atoms with van der Waals surface area (Å²) < 4.78 is 6.39. The van der Waals surface area contributed by atoms with E-state index < -0.39 is 5.60 Å². The fourth-order valence-corrected chi connectivity index (χ4v) is 3.11. The van der Waals surface area contributed by atoms with Crippen molar-refractivity contribution in [2.75, 3.05) is 18.4 Å². The molecule has 1 atom stereocenters. The van der Waals surface area contributed by atoms with Gasteiger partial charge in [0.2, 0.25) is 0 Å². The predicted molar refractivity (Wildman–Crippen MR) is 98.2 cm³/mol. The predicted octanol–water partition coefficient (Wildman–Crippen LogP) is 5.30. The van der Waals surface area contributed by atoms with Gasteiger partial charge in [0.1, 0.15) is 5.60 Å². The quantitative estimate of drug-likeness (QED) is 0.744. The number of piperidine rings is 1. The van der Waals surface area contributed by atoms with Crippen LogP contribution in [-0.2, 0) is 4.74 Å². The monoisotopic (exact) mass is 402 g/mol. The van der Waals surface area contributed by atoms with Crippen LogP contribution in [-0.4, -0.2) is 35.7 Å². The van der Waals surface area contributed by atoms with Crippen LogP contribution in [0.25, 0.3) is 0 Å². The molecule has 4 nitrogen and oxygen atoms in total. The van der Waals surface area contributed by atoms with Gasteiger partial charge in [0.15, 0.2) is 0 Å². The number of rotatable bonds is 3. The molecule has 23 heavy (non-hydrogen) atoms. The van der Waals surface area contributed by atoms with Crippen LogP contribution >= 0.6 is 27.5 Å². The second-order valence-corrected chi connectivity index (χ2v) is 8.09. The van der Waals surface area contributed by atoms with E-state index in [2.05, 4.69) is 21.2 Å². The molecule has 1 N–H and O–H groups in total. The van der Waals surface area contributed by atoms with Crippen LogP contribution in [0.3, 0.4) is 0 Å². The fourth-order valence-electron chi connectivity index (χ4n) is 2.62. The van der Waals surface area contributed by atoms with Gasteiger partial charge >= 0.3 is 6.09 Å². The molecule has 1 aliphatic heterocycles. The molecule has 2 rings (SSSR count). The number of ether oxygens (including phenoxy) is 1. The van der Waals surface area contributed by atoms with E-state index in [0.29, 0.717) is 11.6 Å². The lowest BCUT2D eigenvalue weighted by Crippen LogP contribution is -2.48. The Labute approximate surface area is 151 Å². The largest absolute Gasteiger partial charge is 0.444 e. The highest BCUT2D eigenvalue weighted by Crippen LogP contribution is 2.26. The molecule has 6 heteroatoms. The molecule has 1 fully saturated rings. The molecule has 128 valence electrons. The lowest BCUT2D eigenvalue weighted by Gasteiger charge is -2.37. The molecule has 0 spiro atoms. The first-order valence-electron chi connectivity index (χ1n) is 7.95. The molecular formula is C17H24BrClN2O2. The summed E-state index contributed by atoms with van der Waals surface area (Å²) in [5.74, 6) is 0. The summed E-state index contributed by atoms with van der Waals surface area (Å²) in [6, 6.07) is 5.88. The van der Waals surface area contributed by atoms with E-state index >= 15 is 0 Å². The van der Waals surface area contributed by atoms with Gasteiger partial charge in [-0.15, -0.1) is 0 Å². The van der Waals surface area contributed by atoms with E-state index in [0.717, 1.165) is 36.0 Å². The molecule has 1 amide bonds. The topological polar surface area (TPSA) is 41.6 Å². The van der Waals surface area contributed by atoms with Crippen molar-refractivity contribution in [2.24, 2.45) is 0 Å². The highest BCUT2D eigenvalue weighted by molar-refractivity contribution is 9.10. The SMILES string of the molecule is CC(C)(C)OC(=O)N1CCCCC1CNc1ccc(Cl)c(Br)c1. The minimum absolute atomic E-state index is 0.146. The number of halogens is 2. The Bertz CT molecular complexity index is 560. The Hall–Kier alpha value is -0.940. The maximum atomic E-state index is 12.4. The molecule has 1 aromatic rings. The third-order valence-corrected chi connectivity index (χ3v) is 4.93. The second-order valence-electron chi connectivity index (χ2n) is 6.83. The summed E-state index contributed by atoms with van der Waals surface area (Å²) in [5.41, 5.74) is 0.518. The number of anilines is 1. The van der Waals surface area contributed by atoms with Gasteiger partial charge in [-0.3, -0.25) is 0 Å². The second kappa shape index (κ2) is 7.75. The van der Waals surface area contributed by atoms with E-state index in [-0.39, 0.29) is 12.1 Å². The summed E-state index contributed by atoms with van der Waals surface area (Å²) in [5, 5.41) is 4.08. The van der Waals surface area contributed by atoms with Crippen molar-refractivity contribution in [3.05, 3.63) is 27.7 Å². The van der Waals surface area contributed by atoms with Crippen molar-refractivity contribution in [2.45, 2.75) is 51.7 Å². The zero-order valence-corrected chi connectivity index (χ0v) is 16.2. The molecule has 0 radical (unpaired) electrons. The highest BCUT2D eigenvalue weighted by atomic mass is 79.9. The Balaban J connectivity index is 1.98. The van der Waals surface area contributed by atoms with E-state index in [1.807, 2.05) is 43.9 Å². The van der Waals surface area contributed by atoms with Crippen LogP contribution in [0.1, 0.15) is 40.0 Å². The Morgan fingerprint density at radius 2 is 2.17 bits per heavy atom. The van der Waals surface area contributed by atoms with Crippen LogP contribution in [0.2, 0.25) is 5.02 Å². The number of carbonyl (C=O) groups is 1.